The zero-order chi connectivity index (χ0) is 18.7. The summed E-state index contributed by atoms with van der Waals surface area (Å²) in [6.45, 7) is 3.65. The van der Waals surface area contributed by atoms with E-state index >= 15 is 0 Å². The van der Waals surface area contributed by atoms with Crippen LogP contribution in [0, 0.1) is 13.8 Å². The second kappa shape index (κ2) is 7.66. The Bertz CT molecular complexity index is 963. The number of aromatic nitrogens is 2. The Morgan fingerprint density at radius 1 is 1.35 bits per heavy atom. The highest BCUT2D eigenvalue weighted by atomic mass is 32.1. The summed E-state index contributed by atoms with van der Waals surface area (Å²) in [5.74, 6) is -0.354. The largest absolute Gasteiger partial charge is 0.345 e. The molecule has 0 radical (unpaired) electrons. The maximum absolute atomic E-state index is 12.9. The van der Waals surface area contributed by atoms with Crippen molar-refractivity contribution in [1.82, 2.24) is 14.9 Å². The molecule has 0 aliphatic rings. The molecule has 0 fully saturated rings. The number of rotatable bonds is 5. The summed E-state index contributed by atoms with van der Waals surface area (Å²) in [6.07, 6.45) is 4.09. The molecule has 26 heavy (non-hydrogen) atoms. The Morgan fingerprint density at radius 2 is 2.15 bits per heavy atom. The molecule has 1 atom stereocenters. The van der Waals surface area contributed by atoms with Crippen molar-refractivity contribution < 1.29 is 4.79 Å². The molecule has 3 rings (SSSR count). The van der Waals surface area contributed by atoms with Gasteiger partial charge in [-0.25, -0.2) is 0 Å². The molecule has 3 aromatic heterocycles. The smallest absolute Gasteiger partial charge is 0.263 e. The Morgan fingerprint density at radius 3 is 2.81 bits per heavy atom. The van der Waals surface area contributed by atoms with Gasteiger partial charge in [0.05, 0.1) is 6.04 Å². The number of thiophene rings is 1. The summed E-state index contributed by atoms with van der Waals surface area (Å²) in [6, 6.07) is 7.42. The van der Waals surface area contributed by atoms with Crippen LogP contribution in [-0.2, 0) is 13.5 Å². The van der Waals surface area contributed by atoms with Crippen LogP contribution in [0.2, 0.25) is 0 Å². The lowest BCUT2D eigenvalue weighted by atomic mass is 10.0. The quantitative estimate of drug-likeness (QED) is 0.753. The van der Waals surface area contributed by atoms with E-state index in [0.717, 1.165) is 16.8 Å². The van der Waals surface area contributed by atoms with Crippen molar-refractivity contribution in [3.05, 3.63) is 85.7 Å². The lowest BCUT2D eigenvalue weighted by Crippen LogP contribution is -2.36. The zero-order valence-electron chi connectivity index (χ0n) is 15.0. The van der Waals surface area contributed by atoms with Crippen molar-refractivity contribution in [2.45, 2.75) is 26.3 Å². The minimum atomic E-state index is -0.354. The summed E-state index contributed by atoms with van der Waals surface area (Å²) in [5, 5.41) is 7.10. The van der Waals surface area contributed by atoms with Crippen LogP contribution in [0.5, 0.6) is 0 Å². The summed E-state index contributed by atoms with van der Waals surface area (Å²) < 4.78 is 1.50. The number of nitrogens with zero attached hydrogens (tertiary/aromatic N) is 2. The highest BCUT2D eigenvalue weighted by molar-refractivity contribution is 7.07. The van der Waals surface area contributed by atoms with Crippen molar-refractivity contribution in [3.8, 4) is 0 Å². The van der Waals surface area contributed by atoms with Crippen molar-refractivity contribution >= 4 is 17.2 Å². The fraction of sp³-hybridized carbons (Fsp3) is 0.250. The van der Waals surface area contributed by atoms with Crippen LogP contribution in [-0.4, -0.2) is 15.5 Å². The standard InChI is InChI=1S/C20H21N3O2S/c1-13-9-14(2)23(3)20(25)18(13)19(24)22-17(10-15-6-8-26-12-15)16-5-4-7-21-11-16/h4-9,11-12,17H,10H2,1-3H3,(H,22,24)/t17-/m1/s1. The van der Waals surface area contributed by atoms with Crippen LogP contribution in [0.15, 0.2) is 52.2 Å². The van der Waals surface area contributed by atoms with E-state index in [1.807, 2.05) is 36.6 Å². The van der Waals surface area contributed by atoms with Crippen LogP contribution in [0.4, 0.5) is 0 Å². The molecule has 3 heterocycles. The Hall–Kier alpha value is -2.73. The number of carbonyl (C=O) groups excluding carboxylic acids is 1. The summed E-state index contributed by atoms with van der Waals surface area (Å²) in [5.41, 5.74) is 3.47. The highest BCUT2D eigenvalue weighted by Crippen LogP contribution is 2.20. The number of pyridine rings is 2. The van der Waals surface area contributed by atoms with Crippen LogP contribution in [0.25, 0.3) is 0 Å². The minimum Gasteiger partial charge on any atom is -0.345 e. The molecular formula is C20H21N3O2S. The normalized spacial score (nSPS) is 12.0. The third kappa shape index (κ3) is 3.75. The second-order valence-electron chi connectivity index (χ2n) is 6.36. The first kappa shape index (κ1) is 18.1. The Kier molecular flexibility index (Phi) is 5.32. The third-order valence-electron chi connectivity index (χ3n) is 4.51. The maximum Gasteiger partial charge on any atom is 0.263 e. The van der Waals surface area contributed by atoms with E-state index in [1.54, 1.807) is 37.7 Å². The van der Waals surface area contributed by atoms with Gasteiger partial charge >= 0.3 is 0 Å². The molecule has 1 N–H and O–H groups in total. The molecule has 3 aromatic rings. The van der Waals surface area contributed by atoms with Crippen LogP contribution >= 0.6 is 11.3 Å². The van der Waals surface area contributed by atoms with Gasteiger partial charge in [-0.1, -0.05) is 6.07 Å². The first-order valence-corrected chi connectivity index (χ1v) is 9.30. The third-order valence-corrected chi connectivity index (χ3v) is 5.24. The van der Waals surface area contributed by atoms with Crippen molar-refractivity contribution in [1.29, 1.82) is 0 Å². The molecular weight excluding hydrogens is 346 g/mol. The number of aryl methyl sites for hydroxylation is 2. The number of carbonyl (C=O) groups is 1. The first-order valence-electron chi connectivity index (χ1n) is 8.36. The molecule has 0 aliphatic heterocycles. The highest BCUT2D eigenvalue weighted by Gasteiger charge is 2.21. The lowest BCUT2D eigenvalue weighted by Gasteiger charge is -2.19. The van der Waals surface area contributed by atoms with E-state index in [2.05, 4.69) is 15.7 Å². The van der Waals surface area contributed by atoms with E-state index in [0.29, 0.717) is 12.0 Å². The van der Waals surface area contributed by atoms with Gasteiger partial charge in [0.15, 0.2) is 0 Å². The van der Waals surface area contributed by atoms with Crippen molar-refractivity contribution in [2.75, 3.05) is 0 Å². The summed E-state index contributed by atoms with van der Waals surface area (Å²) in [7, 11) is 1.68. The average molecular weight is 367 g/mol. The topological polar surface area (TPSA) is 64.0 Å². The van der Waals surface area contributed by atoms with Crippen LogP contribution in [0.3, 0.4) is 0 Å². The number of amides is 1. The zero-order valence-corrected chi connectivity index (χ0v) is 15.8. The number of hydrogen-bond acceptors (Lipinski definition) is 4. The van der Waals surface area contributed by atoms with Gasteiger partial charge in [-0.15, -0.1) is 0 Å². The Labute approximate surface area is 156 Å². The van der Waals surface area contributed by atoms with Gasteiger partial charge in [0, 0.05) is 25.1 Å². The van der Waals surface area contributed by atoms with Crippen molar-refractivity contribution in [2.24, 2.45) is 7.05 Å². The second-order valence-corrected chi connectivity index (χ2v) is 7.14. The van der Waals surface area contributed by atoms with E-state index in [-0.39, 0.29) is 23.1 Å². The fourth-order valence-electron chi connectivity index (χ4n) is 2.96. The molecule has 0 spiro atoms. The van der Waals surface area contributed by atoms with Gasteiger partial charge in [0.2, 0.25) is 0 Å². The number of nitrogens with one attached hydrogen (secondary N) is 1. The van der Waals surface area contributed by atoms with Gasteiger partial charge < -0.3 is 9.88 Å². The van der Waals surface area contributed by atoms with E-state index < -0.39 is 0 Å². The average Bonchev–Trinajstić information content (AvgIpc) is 3.13. The summed E-state index contributed by atoms with van der Waals surface area (Å²) >= 11 is 1.62. The fourth-order valence-corrected chi connectivity index (χ4v) is 3.65. The molecule has 6 heteroatoms. The van der Waals surface area contributed by atoms with Crippen LogP contribution < -0.4 is 10.9 Å². The predicted octanol–water partition coefficient (Wildman–Crippen LogP) is 3.17. The SMILES string of the molecule is Cc1cc(C)n(C)c(=O)c1C(=O)N[C@H](Cc1ccsc1)c1cccnc1. The first-order chi connectivity index (χ1) is 12.5. The van der Waals surface area contributed by atoms with Gasteiger partial charge in [-0.2, -0.15) is 11.3 Å². The molecule has 1 amide bonds. The van der Waals surface area contributed by atoms with Gasteiger partial charge in [-0.3, -0.25) is 14.6 Å². The van der Waals surface area contributed by atoms with Gasteiger partial charge in [0.1, 0.15) is 5.56 Å². The Balaban J connectivity index is 1.93. The molecule has 0 unspecified atom stereocenters. The van der Waals surface area contributed by atoms with E-state index in [4.69, 9.17) is 0 Å². The molecule has 0 bridgehead atoms. The maximum atomic E-state index is 12.9. The van der Waals surface area contributed by atoms with Gasteiger partial charge in [0.25, 0.3) is 11.5 Å². The van der Waals surface area contributed by atoms with Gasteiger partial charge in [-0.05, 0) is 65.9 Å². The molecule has 0 aromatic carbocycles. The number of hydrogen-bond donors (Lipinski definition) is 1. The predicted molar refractivity (Wildman–Crippen MR) is 104 cm³/mol. The molecule has 0 aliphatic carbocycles. The van der Waals surface area contributed by atoms with E-state index in [1.165, 1.54) is 4.57 Å². The molecule has 134 valence electrons. The van der Waals surface area contributed by atoms with Crippen molar-refractivity contribution in [3.63, 3.8) is 0 Å². The molecule has 0 saturated heterocycles. The molecule has 0 saturated carbocycles. The minimum absolute atomic E-state index is 0.192. The van der Waals surface area contributed by atoms with E-state index in [9.17, 15) is 9.59 Å². The molecule has 5 nitrogen and oxygen atoms in total. The lowest BCUT2D eigenvalue weighted by molar-refractivity contribution is 0.0933. The summed E-state index contributed by atoms with van der Waals surface area (Å²) in [4.78, 5) is 29.7. The van der Waals surface area contributed by atoms with Crippen LogP contribution in [0.1, 0.15) is 38.8 Å². The monoisotopic (exact) mass is 367 g/mol.